The van der Waals surface area contributed by atoms with Crippen molar-refractivity contribution in [2.45, 2.75) is 25.9 Å². The van der Waals surface area contributed by atoms with Crippen molar-refractivity contribution >= 4 is 23.2 Å². The zero-order valence-electron chi connectivity index (χ0n) is 10.4. The molecule has 0 aliphatic carbocycles. The Morgan fingerprint density at radius 3 is 2.84 bits per heavy atom. The van der Waals surface area contributed by atoms with Gasteiger partial charge in [-0.15, -0.1) is 0 Å². The van der Waals surface area contributed by atoms with Crippen LogP contribution in [0.2, 0.25) is 5.02 Å². The Morgan fingerprint density at radius 2 is 2.26 bits per heavy atom. The summed E-state index contributed by atoms with van der Waals surface area (Å²) in [4.78, 5) is 21.9. The molecule has 0 fully saturated rings. The lowest BCUT2D eigenvalue weighted by Gasteiger charge is -2.11. The highest BCUT2D eigenvalue weighted by Crippen LogP contribution is 2.21. The van der Waals surface area contributed by atoms with Crippen molar-refractivity contribution in [1.82, 2.24) is 5.32 Å². The molecule has 0 radical (unpaired) electrons. The Labute approximate surface area is 115 Å². The lowest BCUT2D eigenvalue weighted by atomic mass is 10.1. The van der Waals surface area contributed by atoms with E-state index in [-0.39, 0.29) is 22.8 Å². The summed E-state index contributed by atoms with van der Waals surface area (Å²) in [7, 11) is 0. The van der Waals surface area contributed by atoms with Crippen molar-refractivity contribution in [3.05, 3.63) is 38.9 Å². The lowest BCUT2D eigenvalue weighted by Crippen LogP contribution is -2.32. The predicted molar refractivity (Wildman–Crippen MR) is 71.4 cm³/mol. The second kappa shape index (κ2) is 7.06. The van der Waals surface area contributed by atoms with E-state index in [2.05, 4.69) is 5.32 Å². The van der Waals surface area contributed by atoms with Crippen molar-refractivity contribution < 1.29 is 14.8 Å². The smallest absolute Gasteiger partial charge is 0.270 e. The summed E-state index contributed by atoms with van der Waals surface area (Å²) in [5.41, 5.74) is -0.178. The van der Waals surface area contributed by atoms with Gasteiger partial charge in [-0.2, -0.15) is 0 Å². The van der Waals surface area contributed by atoms with Crippen molar-refractivity contribution in [1.29, 1.82) is 0 Å². The summed E-state index contributed by atoms with van der Waals surface area (Å²) in [6, 6.07) is 3.64. The van der Waals surface area contributed by atoms with Crippen LogP contribution in [0, 0.1) is 10.1 Å². The Bertz CT molecular complexity index is 479. The molecule has 6 nitrogen and oxygen atoms in total. The van der Waals surface area contributed by atoms with Crippen LogP contribution >= 0.6 is 11.6 Å². The molecular formula is C12H15ClN2O4. The first-order valence-electron chi connectivity index (χ1n) is 5.86. The lowest BCUT2D eigenvalue weighted by molar-refractivity contribution is -0.384. The number of nitrogens with one attached hydrogen (secondary N) is 1. The number of nitro benzene ring substituents is 1. The third-order valence-corrected chi connectivity index (χ3v) is 2.86. The van der Waals surface area contributed by atoms with E-state index in [1.807, 2.05) is 6.92 Å². The molecule has 1 amide bonds. The summed E-state index contributed by atoms with van der Waals surface area (Å²) < 4.78 is 0. The molecule has 1 atom stereocenters. The number of hydrogen-bond acceptors (Lipinski definition) is 4. The second-order valence-electron chi connectivity index (χ2n) is 4.07. The van der Waals surface area contributed by atoms with Crippen LogP contribution in [0.25, 0.3) is 0 Å². The summed E-state index contributed by atoms with van der Waals surface area (Å²) in [5.74, 6) is -0.538. The van der Waals surface area contributed by atoms with Gasteiger partial charge < -0.3 is 10.4 Å². The van der Waals surface area contributed by atoms with E-state index in [0.29, 0.717) is 6.42 Å². The topological polar surface area (TPSA) is 92.5 Å². The van der Waals surface area contributed by atoms with Crippen LogP contribution in [0.1, 0.15) is 30.1 Å². The van der Waals surface area contributed by atoms with Gasteiger partial charge in [0, 0.05) is 18.7 Å². The van der Waals surface area contributed by atoms with Crippen LogP contribution in [0.5, 0.6) is 0 Å². The van der Waals surface area contributed by atoms with Crippen molar-refractivity contribution in [3.63, 3.8) is 0 Å². The van der Waals surface area contributed by atoms with Gasteiger partial charge in [0.15, 0.2) is 0 Å². The average Bonchev–Trinajstić information content (AvgIpc) is 2.36. The first-order chi connectivity index (χ1) is 8.95. The molecule has 1 aromatic carbocycles. The number of aliphatic hydroxyl groups excluding tert-OH is 1. The number of rotatable bonds is 6. The maximum absolute atomic E-state index is 11.8. The molecule has 19 heavy (non-hydrogen) atoms. The normalized spacial score (nSPS) is 11.9. The number of benzene rings is 1. The summed E-state index contributed by atoms with van der Waals surface area (Å²) in [5, 5.41) is 22.8. The van der Waals surface area contributed by atoms with E-state index in [1.165, 1.54) is 12.1 Å². The monoisotopic (exact) mass is 286 g/mol. The third kappa shape index (κ3) is 4.50. The highest BCUT2D eigenvalue weighted by atomic mass is 35.5. The van der Waals surface area contributed by atoms with Crippen LogP contribution in [0.3, 0.4) is 0 Å². The van der Waals surface area contributed by atoms with Crippen molar-refractivity contribution in [2.75, 3.05) is 6.54 Å². The van der Waals surface area contributed by atoms with E-state index in [1.54, 1.807) is 0 Å². The van der Waals surface area contributed by atoms with Crippen LogP contribution in [0.15, 0.2) is 18.2 Å². The number of hydrogen-bond donors (Lipinski definition) is 2. The maximum atomic E-state index is 11.8. The first kappa shape index (κ1) is 15.4. The molecule has 2 N–H and O–H groups in total. The van der Waals surface area contributed by atoms with Gasteiger partial charge in [0.05, 0.1) is 21.6 Å². The summed E-state index contributed by atoms with van der Waals surface area (Å²) >= 11 is 5.83. The number of non-ortho nitro benzene ring substituents is 1. The molecule has 0 aliphatic heterocycles. The Kier molecular flexibility index (Phi) is 5.72. The fourth-order valence-electron chi connectivity index (χ4n) is 1.54. The van der Waals surface area contributed by atoms with Crippen LogP contribution < -0.4 is 5.32 Å². The summed E-state index contributed by atoms with van der Waals surface area (Å²) in [6.45, 7) is 2.01. The number of amides is 1. The third-order valence-electron chi connectivity index (χ3n) is 2.53. The van der Waals surface area contributed by atoms with Gasteiger partial charge in [0.25, 0.3) is 11.6 Å². The quantitative estimate of drug-likeness (QED) is 0.619. The minimum Gasteiger partial charge on any atom is -0.391 e. The minimum absolute atomic E-state index is 0.0274. The molecule has 104 valence electrons. The van der Waals surface area contributed by atoms with Gasteiger partial charge in [-0.1, -0.05) is 24.9 Å². The minimum atomic E-state index is -0.633. The molecule has 1 unspecified atom stereocenters. The number of nitrogens with zero attached hydrogens (tertiary/aromatic N) is 1. The number of carbonyl (C=O) groups is 1. The molecule has 0 aromatic heterocycles. The summed E-state index contributed by atoms with van der Waals surface area (Å²) in [6.07, 6.45) is 0.740. The molecule has 0 saturated carbocycles. The van der Waals surface area contributed by atoms with Gasteiger partial charge in [-0.3, -0.25) is 14.9 Å². The van der Waals surface area contributed by atoms with Gasteiger partial charge in [-0.25, -0.2) is 0 Å². The molecule has 0 heterocycles. The SMILES string of the molecule is CCCC(O)CNC(=O)c1cc([N+](=O)[O-])ccc1Cl. The first-order valence-corrected chi connectivity index (χ1v) is 6.23. The van der Waals surface area contributed by atoms with E-state index >= 15 is 0 Å². The van der Waals surface area contributed by atoms with E-state index < -0.39 is 16.9 Å². The number of nitro groups is 1. The molecular weight excluding hydrogens is 272 g/mol. The molecule has 0 saturated heterocycles. The maximum Gasteiger partial charge on any atom is 0.270 e. The Balaban J connectivity index is 2.76. The molecule has 1 aromatic rings. The molecule has 1 rings (SSSR count). The zero-order chi connectivity index (χ0) is 14.4. The standard InChI is InChI=1S/C12H15ClN2O4/c1-2-3-9(16)7-14-12(17)10-6-8(15(18)19)4-5-11(10)13/h4-6,9,16H,2-3,7H2,1H3,(H,14,17). The fraction of sp³-hybridized carbons (Fsp3) is 0.417. The molecule has 0 spiro atoms. The largest absolute Gasteiger partial charge is 0.391 e. The highest BCUT2D eigenvalue weighted by Gasteiger charge is 2.16. The van der Waals surface area contributed by atoms with Gasteiger partial charge >= 0.3 is 0 Å². The van der Waals surface area contributed by atoms with E-state index in [4.69, 9.17) is 11.6 Å². The Morgan fingerprint density at radius 1 is 1.58 bits per heavy atom. The van der Waals surface area contributed by atoms with Gasteiger partial charge in [0.2, 0.25) is 0 Å². The van der Waals surface area contributed by atoms with Crippen LogP contribution in [-0.2, 0) is 0 Å². The Hall–Kier alpha value is -1.66. The zero-order valence-corrected chi connectivity index (χ0v) is 11.2. The van der Waals surface area contributed by atoms with Crippen molar-refractivity contribution in [2.24, 2.45) is 0 Å². The number of aliphatic hydroxyl groups is 1. The van der Waals surface area contributed by atoms with Crippen molar-refractivity contribution in [3.8, 4) is 0 Å². The van der Waals surface area contributed by atoms with E-state index in [0.717, 1.165) is 12.5 Å². The van der Waals surface area contributed by atoms with E-state index in [9.17, 15) is 20.0 Å². The molecule has 0 bridgehead atoms. The fourth-order valence-corrected chi connectivity index (χ4v) is 1.75. The second-order valence-corrected chi connectivity index (χ2v) is 4.48. The van der Waals surface area contributed by atoms with Crippen LogP contribution in [0.4, 0.5) is 5.69 Å². The average molecular weight is 287 g/mol. The molecule has 7 heteroatoms. The van der Waals surface area contributed by atoms with Crippen LogP contribution in [-0.4, -0.2) is 28.6 Å². The number of carbonyl (C=O) groups excluding carboxylic acids is 1. The predicted octanol–water partition coefficient (Wildman–Crippen LogP) is 2.14. The highest BCUT2D eigenvalue weighted by molar-refractivity contribution is 6.33. The van der Waals surface area contributed by atoms with Gasteiger partial charge in [-0.05, 0) is 12.5 Å². The molecule has 0 aliphatic rings. The number of halogens is 1. The van der Waals surface area contributed by atoms with Gasteiger partial charge in [0.1, 0.15) is 0 Å².